The van der Waals surface area contributed by atoms with E-state index < -0.39 is 24.3 Å². The van der Waals surface area contributed by atoms with E-state index in [1.165, 1.54) is 6.08 Å². The van der Waals surface area contributed by atoms with Crippen molar-refractivity contribution in [2.45, 2.75) is 57.3 Å². The summed E-state index contributed by atoms with van der Waals surface area (Å²) < 4.78 is 0. The van der Waals surface area contributed by atoms with Gasteiger partial charge >= 0.3 is 5.97 Å². The normalized spacial score (nSPS) is 16.6. The summed E-state index contributed by atoms with van der Waals surface area (Å²) >= 11 is 0. The molecule has 0 saturated carbocycles. The molecule has 0 radical (unpaired) electrons. The summed E-state index contributed by atoms with van der Waals surface area (Å²) in [5, 5.41) is 37.7. The van der Waals surface area contributed by atoms with Gasteiger partial charge in [0, 0.05) is 6.42 Å². The fourth-order valence-electron chi connectivity index (χ4n) is 1.94. The predicted octanol–water partition coefficient (Wildman–Crippen LogP) is 3.46. The van der Waals surface area contributed by atoms with Crippen molar-refractivity contribution >= 4 is 5.97 Å². The summed E-state index contributed by atoms with van der Waals surface area (Å²) in [7, 11) is 0. The van der Waals surface area contributed by atoms with E-state index in [-0.39, 0.29) is 6.42 Å². The third-order valence-corrected chi connectivity index (χ3v) is 3.44. The lowest BCUT2D eigenvalue weighted by molar-refractivity contribution is -0.136. The molecule has 0 aliphatic carbocycles. The predicted molar refractivity (Wildman–Crippen MR) is 109 cm³/mol. The van der Waals surface area contributed by atoms with E-state index in [0.717, 1.165) is 6.42 Å². The molecule has 0 aromatic heterocycles. The van der Waals surface area contributed by atoms with E-state index in [1.807, 2.05) is 19.1 Å². The van der Waals surface area contributed by atoms with Crippen LogP contribution < -0.4 is 0 Å². The molecular formula is C22H32O5. The molecule has 0 aromatic carbocycles. The van der Waals surface area contributed by atoms with Crippen molar-refractivity contribution in [1.29, 1.82) is 0 Å². The molecule has 5 heteroatoms. The van der Waals surface area contributed by atoms with Gasteiger partial charge in [-0.3, -0.25) is 4.79 Å². The summed E-state index contributed by atoms with van der Waals surface area (Å²) in [6, 6.07) is 0. The highest BCUT2D eigenvalue weighted by atomic mass is 16.4. The van der Waals surface area contributed by atoms with Gasteiger partial charge in [0.15, 0.2) is 0 Å². The number of hydrogen-bond acceptors (Lipinski definition) is 4. The molecule has 150 valence electrons. The van der Waals surface area contributed by atoms with Crippen molar-refractivity contribution in [2.24, 2.45) is 0 Å². The lowest BCUT2D eigenvalue weighted by Crippen LogP contribution is -2.22. The summed E-state index contributed by atoms with van der Waals surface area (Å²) in [6.07, 6.45) is 21.0. The van der Waals surface area contributed by atoms with E-state index in [9.17, 15) is 20.1 Å². The summed E-state index contributed by atoms with van der Waals surface area (Å²) in [5.74, 6) is -0.831. The van der Waals surface area contributed by atoms with Gasteiger partial charge in [-0.05, 0) is 25.7 Å². The molecule has 3 atom stereocenters. The second-order valence-electron chi connectivity index (χ2n) is 5.92. The Bertz CT molecular complexity index is 555. The van der Waals surface area contributed by atoms with Gasteiger partial charge in [0.25, 0.3) is 0 Å². The Labute approximate surface area is 162 Å². The van der Waals surface area contributed by atoms with Crippen molar-refractivity contribution < 1.29 is 25.2 Å². The summed E-state index contributed by atoms with van der Waals surface area (Å²) in [5.41, 5.74) is 0. The first-order valence-electron chi connectivity index (χ1n) is 9.21. The van der Waals surface area contributed by atoms with Crippen molar-refractivity contribution in [3.05, 3.63) is 72.9 Å². The van der Waals surface area contributed by atoms with Crippen LogP contribution in [0.1, 0.15) is 39.0 Å². The van der Waals surface area contributed by atoms with Gasteiger partial charge in [0.2, 0.25) is 0 Å². The Hall–Kier alpha value is -2.21. The van der Waals surface area contributed by atoms with Crippen molar-refractivity contribution in [1.82, 2.24) is 0 Å². The van der Waals surface area contributed by atoms with Gasteiger partial charge in [-0.2, -0.15) is 0 Å². The highest BCUT2D eigenvalue weighted by Gasteiger charge is 2.10. The Balaban J connectivity index is 4.03. The quantitative estimate of drug-likeness (QED) is 0.275. The number of aliphatic carboxylic acids is 1. The zero-order valence-corrected chi connectivity index (χ0v) is 15.9. The van der Waals surface area contributed by atoms with Crippen LogP contribution in [0.3, 0.4) is 0 Å². The topological polar surface area (TPSA) is 98.0 Å². The zero-order valence-electron chi connectivity index (χ0n) is 15.9. The Morgan fingerprint density at radius 2 is 1.41 bits per heavy atom. The number of rotatable bonds is 14. The van der Waals surface area contributed by atoms with Crippen LogP contribution in [-0.2, 0) is 4.79 Å². The molecule has 0 rings (SSSR count). The van der Waals surface area contributed by atoms with Gasteiger partial charge in [0.1, 0.15) is 0 Å². The molecule has 5 nitrogen and oxygen atoms in total. The van der Waals surface area contributed by atoms with Crippen LogP contribution in [0.2, 0.25) is 0 Å². The molecule has 0 amide bonds. The van der Waals surface area contributed by atoms with Gasteiger partial charge in [-0.25, -0.2) is 0 Å². The number of carboxylic acid groups (broad SMARTS) is 1. The molecule has 0 unspecified atom stereocenters. The Kier molecular flexibility index (Phi) is 15.8. The number of carboxylic acids is 1. The molecule has 0 aliphatic rings. The van der Waals surface area contributed by atoms with Crippen molar-refractivity contribution in [2.75, 3.05) is 0 Å². The minimum absolute atomic E-state index is 0.0951. The average Bonchev–Trinajstić information content (AvgIpc) is 2.63. The third-order valence-electron chi connectivity index (χ3n) is 3.44. The second kappa shape index (κ2) is 17.2. The Morgan fingerprint density at radius 3 is 2.04 bits per heavy atom. The van der Waals surface area contributed by atoms with E-state index in [1.54, 1.807) is 54.7 Å². The Morgan fingerprint density at radius 1 is 0.815 bits per heavy atom. The van der Waals surface area contributed by atoms with Crippen LogP contribution in [-0.4, -0.2) is 44.7 Å². The van der Waals surface area contributed by atoms with Crippen LogP contribution in [0, 0.1) is 0 Å². The van der Waals surface area contributed by atoms with Gasteiger partial charge < -0.3 is 20.4 Å². The number of aliphatic hydroxyl groups is 3. The molecule has 27 heavy (non-hydrogen) atoms. The largest absolute Gasteiger partial charge is 0.481 e. The zero-order chi connectivity index (χ0) is 20.3. The van der Waals surface area contributed by atoms with E-state index in [0.29, 0.717) is 19.3 Å². The van der Waals surface area contributed by atoms with Crippen molar-refractivity contribution in [3.8, 4) is 0 Å². The number of allylic oxidation sites excluding steroid dienone is 8. The molecule has 0 bridgehead atoms. The first-order valence-corrected chi connectivity index (χ1v) is 9.21. The average molecular weight is 376 g/mol. The minimum Gasteiger partial charge on any atom is -0.481 e. The van der Waals surface area contributed by atoms with Crippen LogP contribution in [0.25, 0.3) is 0 Å². The minimum atomic E-state index is -0.904. The lowest BCUT2D eigenvalue weighted by atomic mass is 10.1. The fourth-order valence-corrected chi connectivity index (χ4v) is 1.94. The van der Waals surface area contributed by atoms with E-state index in [2.05, 4.69) is 0 Å². The number of aliphatic hydroxyl groups excluding tert-OH is 3. The van der Waals surface area contributed by atoms with Crippen LogP contribution >= 0.6 is 0 Å². The van der Waals surface area contributed by atoms with E-state index in [4.69, 9.17) is 5.11 Å². The molecule has 4 N–H and O–H groups in total. The lowest BCUT2D eigenvalue weighted by Gasteiger charge is -2.11. The van der Waals surface area contributed by atoms with Crippen LogP contribution in [0.4, 0.5) is 0 Å². The SMILES string of the molecule is CC/C=C\C[C@H](O)[C@H](O)/C=C/C=C/C=C\C=C\[C@H](O)C/C=C\CCC(=O)O. The molecule has 0 aromatic rings. The summed E-state index contributed by atoms with van der Waals surface area (Å²) in [6.45, 7) is 2.01. The molecular weight excluding hydrogens is 344 g/mol. The van der Waals surface area contributed by atoms with E-state index >= 15 is 0 Å². The molecule has 0 aliphatic heterocycles. The highest BCUT2D eigenvalue weighted by Crippen LogP contribution is 2.03. The van der Waals surface area contributed by atoms with Gasteiger partial charge in [0.05, 0.1) is 18.3 Å². The first kappa shape index (κ1) is 24.8. The maximum atomic E-state index is 10.3. The summed E-state index contributed by atoms with van der Waals surface area (Å²) in [4.78, 5) is 10.3. The number of carbonyl (C=O) groups is 1. The number of hydrogen-bond donors (Lipinski definition) is 4. The van der Waals surface area contributed by atoms with Gasteiger partial charge in [-0.15, -0.1) is 0 Å². The molecule has 0 spiro atoms. The smallest absolute Gasteiger partial charge is 0.303 e. The molecule has 0 heterocycles. The fraction of sp³-hybridized carbons (Fsp3) is 0.409. The first-order chi connectivity index (χ1) is 13.0. The van der Waals surface area contributed by atoms with Crippen LogP contribution in [0.15, 0.2) is 72.9 Å². The van der Waals surface area contributed by atoms with Crippen molar-refractivity contribution in [3.63, 3.8) is 0 Å². The monoisotopic (exact) mass is 376 g/mol. The van der Waals surface area contributed by atoms with Crippen LogP contribution in [0.5, 0.6) is 0 Å². The standard InChI is InChI=1S/C22H32O5/c1-2-3-9-16-20(24)21(25)17-12-7-5-4-6-10-14-19(23)15-11-8-13-18-22(26)27/h3-12,14,17,19-21,23-25H,2,13,15-16,18H2,1H3,(H,26,27)/b6-4-,7-5+,9-3-,11-8-,14-10+,17-12+/t19-,20-,21+/m0/s1. The highest BCUT2D eigenvalue weighted by molar-refractivity contribution is 5.66. The van der Waals surface area contributed by atoms with Gasteiger partial charge in [-0.1, -0.05) is 79.8 Å². The second-order valence-corrected chi connectivity index (χ2v) is 5.92. The maximum Gasteiger partial charge on any atom is 0.303 e. The maximum absolute atomic E-state index is 10.3. The third kappa shape index (κ3) is 17.0. The molecule has 0 saturated heterocycles. The molecule has 0 fully saturated rings.